The van der Waals surface area contributed by atoms with Gasteiger partial charge in [-0.05, 0) is 18.2 Å². The van der Waals surface area contributed by atoms with E-state index in [2.05, 4.69) is 15.6 Å². The van der Waals surface area contributed by atoms with Gasteiger partial charge in [0.15, 0.2) is 11.6 Å². The standard InChI is InChI=1S/C18H17ClFN3O3/c1-18(2,16(24)23-17(25)21-3)13-9-5-4-6-11(20)14(9)26-15-10(13)7-8-12(19)22-15/h4-8,13H,1-3H3,(H2,21,23,24,25). The second-order valence-corrected chi connectivity index (χ2v) is 6.86. The summed E-state index contributed by atoms with van der Waals surface area (Å²) in [5, 5.41) is 4.81. The number of ether oxygens (including phenoxy) is 1. The fourth-order valence-corrected chi connectivity index (χ4v) is 3.23. The van der Waals surface area contributed by atoms with Crippen molar-refractivity contribution in [3.05, 3.63) is 52.4 Å². The molecule has 1 aliphatic heterocycles. The number of fused-ring (bicyclic) bond motifs is 2. The molecule has 1 atom stereocenters. The van der Waals surface area contributed by atoms with Crippen molar-refractivity contribution >= 4 is 23.5 Å². The molecule has 136 valence electrons. The van der Waals surface area contributed by atoms with Crippen molar-refractivity contribution < 1.29 is 18.7 Å². The largest absolute Gasteiger partial charge is 0.435 e. The second-order valence-electron chi connectivity index (χ2n) is 6.48. The third kappa shape index (κ3) is 2.99. The zero-order valence-corrected chi connectivity index (χ0v) is 15.1. The van der Waals surface area contributed by atoms with Crippen LogP contribution in [-0.4, -0.2) is 24.0 Å². The Labute approximate surface area is 154 Å². The van der Waals surface area contributed by atoms with E-state index in [4.69, 9.17) is 16.3 Å². The average Bonchev–Trinajstić information content (AvgIpc) is 2.60. The number of para-hydroxylation sites is 1. The predicted octanol–water partition coefficient (Wildman–Crippen LogP) is 3.59. The predicted molar refractivity (Wildman–Crippen MR) is 93.9 cm³/mol. The number of hydrogen-bond acceptors (Lipinski definition) is 4. The first-order chi connectivity index (χ1) is 12.3. The SMILES string of the molecule is CNC(=O)NC(=O)C(C)(C)C1c2ccc(Cl)nc2Oc2c(F)cccc21. The molecule has 3 amide bonds. The van der Waals surface area contributed by atoms with Gasteiger partial charge in [0.1, 0.15) is 5.15 Å². The van der Waals surface area contributed by atoms with E-state index in [0.29, 0.717) is 11.1 Å². The van der Waals surface area contributed by atoms with Crippen molar-refractivity contribution in [2.45, 2.75) is 19.8 Å². The summed E-state index contributed by atoms with van der Waals surface area (Å²) in [7, 11) is 1.41. The number of benzene rings is 1. The molecule has 0 bridgehead atoms. The first-order valence-corrected chi connectivity index (χ1v) is 8.29. The highest BCUT2D eigenvalue weighted by atomic mass is 35.5. The van der Waals surface area contributed by atoms with Gasteiger partial charge in [0, 0.05) is 24.1 Å². The number of pyridine rings is 1. The lowest BCUT2D eigenvalue weighted by molar-refractivity contribution is -0.128. The van der Waals surface area contributed by atoms with Crippen LogP contribution in [-0.2, 0) is 4.79 Å². The van der Waals surface area contributed by atoms with Crippen molar-refractivity contribution in [1.29, 1.82) is 0 Å². The lowest BCUT2D eigenvalue weighted by Crippen LogP contribution is -2.47. The third-order valence-electron chi connectivity index (χ3n) is 4.43. The maximum absolute atomic E-state index is 14.3. The quantitative estimate of drug-likeness (QED) is 0.784. The highest BCUT2D eigenvalue weighted by Gasteiger charge is 2.45. The molecule has 3 rings (SSSR count). The summed E-state index contributed by atoms with van der Waals surface area (Å²) >= 11 is 5.94. The molecule has 6 nitrogen and oxygen atoms in total. The highest BCUT2D eigenvalue weighted by Crippen LogP contribution is 2.52. The van der Waals surface area contributed by atoms with E-state index in [9.17, 15) is 14.0 Å². The summed E-state index contributed by atoms with van der Waals surface area (Å²) in [6, 6.07) is 7.15. The Bertz CT molecular complexity index is 901. The van der Waals surface area contributed by atoms with Crippen LogP contribution in [0.3, 0.4) is 0 Å². The van der Waals surface area contributed by atoms with Gasteiger partial charge < -0.3 is 10.1 Å². The molecule has 2 aromatic rings. The van der Waals surface area contributed by atoms with Gasteiger partial charge in [0.05, 0.1) is 5.41 Å². The summed E-state index contributed by atoms with van der Waals surface area (Å²) in [6.45, 7) is 3.35. The molecule has 1 aliphatic rings. The molecule has 0 saturated heterocycles. The summed E-state index contributed by atoms with van der Waals surface area (Å²) in [5.74, 6) is -1.53. The van der Waals surface area contributed by atoms with Gasteiger partial charge in [0.25, 0.3) is 0 Å². The number of hydrogen-bond donors (Lipinski definition) is 2. The molecule has 2 N–H and O–H groups in total. The number of aromatic nitrogens is 1. The minimum Gasteiger partial charge on any atom is -0.435 e. The van der Waals surface area contributed by atoms with Crippen LogP contribution in [0.2, 0.25) is 5.15 Å². The van der Waals surface area contributed by atoms with Crippen molar-refractivity contribution in [3.63, 3.8) is 0 Å². The Kier molecular flexibility index (Phi) is 4.58. The molecule has 2 heterocycles. The summed E-state index contributed by atoms with van der Waals surface area (Å²) in [4.78, 5) is 28.5. The van der Waals surface area contributed by atoms with Crippen LogP contribution >= 0.6 is 11.6 Å². The van der Waals surface area contributed by atoms with E-state index >= 15 is 0 Å². The van der Waals surface area contributed by atoms with Crippen LogP contribution in [0, 0.1) is 11.2 Å². The van der Waals surface area contributed by atoms with E-state index in [1.807, 2.05) is 0 Å². The Morgan fingerprint density at radius 2 is 1.96 bits per heavy atom. The van der Waals surface area contributed by atoms with Gasteiger partial charge in [-0.15, -0.1) is 0 Å². The Morgan fingerprint density at radius 1 is 1.23 bits per heavy atom. The fraction of sp³-hybridized carbons (Fsp3) is 0.278. The van der Waals surface area contributed by atoms with Gasteiger partial charge in [-0.3, -0.25) is 10.1 Å². The Balaban J connectivity index is 2.16. The number of nitrogens with zero attached hydrogens (tertiary/aromatic N) is 1. The van der Waals surface area contributed by atoms with E-state index in [0.717, 1.165) is 0 Å². The zero-order chi connectivity index (χ0) is 19.1. The summed E-state index contributed by atoms with van der Waals surface area (Å²) < 4.78 is 20.0. The van der Waals surface area contributed by atoms with Crippen LogP contribution in [0.4, 0.5) is 9.18 Å². The molecule has 8 heteroatoms. The van der Waals surface area contributed by atoms with Gasteiger partial charge in [0.2, 0.25) is 11.8 Å². The summed E-state index contributed by atoms with van der Waals surface area (Å²) in [6.07, 6.45) is 0. The normalized spacial score (nSPS) is 15.3. The smallest absolute Gasteiger partial charge is 0.321 e. The fourth-order valence-electron chi connectivity index (χ4n) is 3.09. The van der Waals surface area contributed by atoms with Crippen LogP contribution in [0.5, 0.6) is 11.6 Å². The molecule has 0 fully saturated rings. The monoisotopic (exact) mass is 377 g/mol. The maximum Gasteiger partial charge on any atom is 0.321 e. The molecule has 26 heavy (non-hydrogen) atoms. The third-order valence-corrected chi connectivity index (χ3v) is 4.65. The highest BCUT2D eigenvalue weighted by molar-refractivity contribution is 6.29. The van der Waals surface area contributed by atoms with Gasteiger partial charge in [-0.2, -0.15) is 0 Å². The van der Waals surface area contributed by atoms with E-state index in [-0.39, 0.29) is 16.8 Å². The topological polar surface area (TPSA) is 80.3 Å². The lowest BCUT2D eigenvalue weighted by Gasteiger charge is -2.37. The van der Waals surface area contributed by atoms with Crippen LogP contribution < -0.4 is 15.4 Å². The number of urea groups is 1. The maximum atomic E-state index is 14.3. The molecule has 1 aromatic carbocycles. The minimum atomic E-state index is -1.11. The molecular weight excluding hydrogens is 361 g/mol. The Hall–Kier alpha value is -2.67. The van der Waals surface area contributed by atoms with E-state index in [1.165, 1.54) is 13.1 Å². The van der Waals surface area contributed by atoms with Crippen molar-refractivity contribution in [2.75, 3.05) is 7.05 Å². The number of imide groups is 1. The first kappa shape index (κ1) is 18.1. The molecule has 1 unspecified atom stereocenters. The van der Waals surface area contributed by atoms with E-state index in [1.54, 1.807) is 38.1 Å². The molecule has 0 radical (unpaired) electrons. The molecular formula is C18H17ClFN3O3. The van der Waals surface area contributed by atoms with Crippen LogP contribution in [0.1, 0.15) is 30.9 Å². The second kappa shape index (κ2) is 6.57. The lowest BCUT2D eigenvalue weighted by atomic mass is 9.69. The van der Waals surface area contributed by atoms with Gasteiger partial charge in [-0.25, -0.2) is 14.2 Å². The number of halogens is 2. The van der Waals surface area contributed by atoms with Crippen LogP contribution in [0.15, 0.2) is 30.3 Å². The first-order valence-electron chi connectivity index (χ1n) is 7.91. The molecule has 0 spiro atoms. The minimum absolute atomic E-state index is 0.000541. The van der Waals surface area contributed by atoms with Crippen LogP contribution in [0.25, 0.3) is 0 Å². The van der Waals surface area contributed by atoms with Gasteiger partial charge in [-0.1, -0.05) is 37.6 Å². The Morgan fingerprint density at radius 3 is 2.65 bits per heavy atom. The average molecular weight is 378 g/mol. The summed E-state index contributed by atoms with van der Waals surface area (Å²) in [5.41, 5.74) is -0.0217. The number of carbonyl (C=O) groups is 2. The molecule has 1 aromatic heterocycles. The van der Waals surface area contributed by atoms with E-state index < -0.39 is 29.1 Å². The molecule has 0 saturated carbocycles. The number of rotatable bonds is 2. The van der Waals surface area contributed by atoms with Crippen molar-refractivity contribution in [1.82, 2.24) is 15.6 Å². The zero-order valence-electron chi connectivity index (χ0n) is 14.4. The number of carbonyl (C=O) groups excluding carboxylic acids is 2. The van der Waals surface area contributed by atoms with Crippen molar-refractivity contribution in [3.8, 4) is 11.6 Å². The molecule has 0 aliphatic carbocycles. The number of nitrogens with one attached hydrogen (secondary N) is 2. The van der Waals surface area contributed by atoms with Gasteiger partial charge >= 0.3 is 6.03 Å². The number of amides is 3. The van der Waals surface area contributed by atoms with Crippen molar-refractivity contribution in [2.24, 2.45) is 5.41 Å².